The molecule has 0 atom stereocenters. The number of carbonyl (C=O) groups excluding carboxylic acids is 1. The SMILES string of the molecule is CCOc1cc(/C=C2/SC(=Nc3ccc(C)cc3)N(CCc3ccccc3)C2=O)cc(Br)c1OCc1ccc(Br)cc1. The number of hydrogen-bond acceptors (Lipinski definition) is 5. The van der Waals surface area contributed by atoms with Crippen molar-refractivity contribution in [3.63, 3.8) is 0 Å². The van der Waals surface area contributed by atoms with Crippen LogP contribution in [0.15, 0.2) is 110 Å². The second-order valence-corrected chi connectivity index (χ2v) is 12.5. The number of carbonyl (C=O) groups is 1. The normalized spacial score (nSPS) is 15.0. The van der Waals surface area contributed by atoms with Gasteiger partial charge in [0.2, 0.25) is 0 Å². The van der Waals surface area contributed by atoms with Crippen LogP contribution in [0.3, 0.4) is 0 Å². The van der Waals surface area contributed by atoms with Gasteiger partial charge in [-0.15, -0.1) is 0 Å². The van der Waals surface area contributed by atoms with E-state index in [1.54, 1.807) is 4.90 Å². The van der Waals surface area contributed by atoms with E-state index in [1.807, 2.05) is 98.8 Å². The van der Waals surface area contributed by atoms with Crippen molar-refractivity contribution in [2.75, 3.05) is 13.2 Å². The zero-order valence-corrected chi connectivity index (χ0v) is 27.3. The number of ether oxygens (including phenoxy) is 2. The van der Waals surface area contributed by atoms with E-state index >= 15 is 0 Å². The number of benzene rings is 4. The minimum atomic E-state index is -0.0635. The fraction of sp³-hybridized carbons (Fsp3) is 0.176. The molecule has 5 rings (SSSR count). The molecule has 0 unspecified atom stereocenters. The van der Waals surface area contributed by atoms with E-state index in [0.717, 1.165) is 37.7 Å². The molecule has 0 aromatic heterocycles. The molecule has 0 bridgehead atoms. The van der Waals surface area contributed by atoms with E-state index in [-0.39, 0.29) is 5.91 Å². The molecule has 1 aliphatic heterocycles. The van der Waals surface area contributed by atoms with E-state index < -0.39 is 0 Å². The topological polar surface area (TPSA) is 51.1 Å². The van der Waals surface area contributed by atoms with Gasteiger partial charge in [0.15, 0.2) is 16.7 Å². The maximum Gasteiger partial charge on any atom is 0.266 e. The molecule has 0 N–H and O–H groups in total. The van der Waals surface area contributed by atoms with Crippen LogP contribution in [0.4, 0.5) is 5.69 Å². The zero-order valence-electron chi connectivity index (χ0n) is 23.3. The van der Waals surface area contributed by atoms with Crippen LogP contribution in [0.25, 0.3) is 6.08 Å². The lowest BCUT2D eigenvalue weighted by Gasteiger charge is -2.16. The Morgan fingerprint density at radius 2 is 1.64 bits per heavy atom. The molecule has 8 heteroatoms. The van der Waals surface area contributed by atoms with E-state index in [0.29, 0.717) is 41.3 Å². The van der Waals surface area contributed by atoms with Gasteiger partial charge < -0.3 is 9.47 Å². The third kappa shape index (κ3) is 7.73. The minimum absolute atomic E-state index is 0.0635. The number of amidine groups is 1. The van der Waals surface area contributed by atoms with Gasteiger partial charge in [-0.05, 0) is 107 Å². The summed E-state index contributed by atoms with van der Waals surface area (Å²) in [5, 5.41) is 0.671. The second kappa shape index (κ2) is 14.2. The molecule has 42 heavy (non-hydrogen) atoms. The first-order chi connectivity index (χ1) is 20.4. The van der Waals surface area contributed by atoms with Gasteiger partial charge in [-0.2, -0.15) is 0 Å². The van der Waals surface area contributed by atoms with Gasteiger partial charge >= 0.3 is 0 Å². The smallest absolute Gasteiger partial charge is 0.266 e. The Kier molecular flexibility index (Phi) is 10.2. The Balaban J connectivity index is 1.42. The molecule has 1 aliphatic rings. The molecule has 1 amide bonds. The number of rotatable bonds is 10. The summed E-state index contributed by atoms with van der Waals surface area (Å²) in [6.45, 7) is 5.40. The molecular weight excluding hydrogens is 676 g/mol. The molecular formula is C34H30Br2N2O3S. The first kappa shape index (κ1) is 30.1. The van der Waals surface area contributed by atoms with Crippen LogP contribution in [0.1, 0.15) is 29.2 Å². The number of halogens is 2. The largest absolute Gasteiger partial charge is 0.490 e. The number of hydrogen-bond donors (Lipinski definition) is 0. The second-order valence-electron chi connectivity index (χ2n) is 9.71. The molecule has 1 saturated heterocycles. The Hall–Kier alpha value is -3.33. The third-order valence-electron chi connectivity index (χ3n) is 6.54. The van der Waals surface area contributed by atoms with Gasteiger partial charge in [0.25, 0.3) is 5.91 Å². The number of amides is 1. The molecule has 4 aromatic rings. The van der Waals surface area contributed by atoms with Gasteiger partial charge in [-0.25, -0.2) is 4.99 Å². The summed E-state index contributed by atoms with van der Waals surface area (Å²) in [5.74, 6) is 1.17. The van der Waals surface area contributed by atoms with Crippen molar-refractivity contribution in [1.29, 1.82) is 0 Å². The van der Waals surface area contributed by atoms with Crippen LogP contribution in [0.2, 0.25) is 0 Å². The Labute approximate surface area is 267 Å². The highest BCUT2D eigenvalue weighted by Gasteiger charge is 2.33. The molecule has 4 aromatic carbocycles. The van der Waals surface area contributed by atoms with Crippen LogP contribution in [0, 0.1) is 6.92 Å². The van der Waals surface area contributed by atoms with Crippen LogP contribution in [-0.2, 0) is 17.8 Å². The average molecular weight is 707 g/mol. The molecule has 0 radical (unpaired) electrons. The summed E-state index contributed by atoms with van der Waals surface area (Å²) in [6, 6.07) is 30.1. The predicted molar refractivity (Wildman–Crippen MR) is 179 cm³/mol. The van der Waals surface area contributed by atoms with Crippen LogP contribution < -0.4 is 9.47 Å². The molecule has 214 valence electrons. The summed E-state index contributed by atoms with van der Waals surface area (Å²) >= 11 is 8.53. The minimum Gasteiger partial charge on any atom is -0.490 e. The van der Waals surface area contributed by atoms with Gasteiger partial charge in [-0.3, -0.25) is 9.69 Å². The quantitative estimate of drug-likeness (QED) is 0.154. The number of aliphatic imine (C=N–C) groups is 1. The zero-order chi connectivity index (χ0) is 29.5. The van der Waals surface area contributed by atoms with Crippen molar-refractivity contribution in [3.8, 4) is 11.5 Å². The van der Waals surface area contributed by atoms with E-state index in [1.165, 1.54) is 17.3 Å². The van der Waals surface area contributed by atoms with Crippen molar-refractivity contribution < 1.29 is 14.3 Å². The molecule has 1 heterocycles. The Bertz CT molecular complexity index is 1600. The fourth-order valence-corrected chi connectivity index (χ4v) is 6.23. The van der Waals surface area contributed by atoms with E-state index in [9.17, 15) is 4.79 Å². The van der Waals surface area contributed by atoms with Gasteiger partial charge in [0, 0.05) is 11.0 Å². The van der Waals surface area contributed by atoms with Crippen molar-refractivity contribution in [1.82, 2.24) is 4.90 Å². The Morgan fingerprint density at radius 3 is 2.36 bits per heavy atom. The lowest BCUT2D eigenvalue weighted by Crippen LogP contribution is -2.31. The number of aryl methyl sites for hydroxylation is 1. The van der Waals surface area contributed by atoms with Crippen molar-refractivity contribution in [2.24, 2.45) is 4.99 Å². The molecule has 1 fully saturated rings. The molecule has 0 aliphatic carbocycles. The third-order valence-corrected chi connectivity index (χ3v) is 8.66. The van der Waals surface area contributed by atoms with E-state index in [4.69, 9.17) is 14.5 Å². The van der Waals surface area contributed by atoms with Gasteiger partial charge in [0.05, 0.1) is 21.7 Å². The maximum atomic E-state index is 13.7. The summed E-state index contributed by atoms with van der Waals surface area (Å²) in [5.41, 5.74) is 5.02. The van der Waals surface area contributed by atoms with Crippen LogP contribution in [0.5, 0.6) is 11.5 Å². The number of thioether (sulfide) groups is 1. The summed E-state index contributed by atoms with van der Waals surface area (Å²) in [6.07, 6.45) is 2.63. The highest BCUT2D eigenvalue weighted by molar-refractivity contribution is 9.10. The lowest BCUT2D eigenvalue weighted by atomic mass is 10.1. The first-order valence-corrected chi connectivity index (χ1v) is 16.0. The maximum absolute atomic E-state index is 13.7. The molecule has 0 saturated carbocycles. The highest BCUT2D eigenvalue weighted by atomic mass is 79.9. The fourth-order valence-electron chi connectivity index (χ4n) is 4.37. The van der Waals surface area contributed by atoms with E-state index in [2.05, 4.69) is 44.0 Å². The molecule has 5 nitrogen and oxygen atoms in total. The highest BCUT2D eigenvalue weighted by Crippen LogP contribution is 2.40. The van der Waals surface area contributed by atoms with Crippen molar-refractivity contribution >= 4 is 66.5 Å². The van der Waals surface area contributed by atoms with Gasteiger partial charge in [-0.1, -0.05) is 76.1 Å². The van der Waals surface area contributed by atoms with Crippen LogP contribution in [-0.4, -0.2) is 29.1 Å². The van der Waals surface area contributed by atoms with Crippen LogP contribution >= 0.6 is 43.6 Å². The Morgan fingerprint density at radius 1 is 0.905 bits per heavy atom. The van der Waals surface area contributed by atoms with Crippen molar-refractivity contribution in [2.45, 2.75) is 26.9 Å². The summed E-state index contributed by atoms with van der Waals surface area (Å²) in [4.78, 5) is 21.0. The average Bonchev–Trinajstić information content (AvgIpc) is 3.27. The van der Waals surface area contributed by atoms with Crippen molar-refractivity contribution in [3.05, 3.63) is 127 Å². The standard InChI is InChI=1S/C34H30Br2N2O3S/c1-3-40-30-20-26(19-29(36)32(30)41-22-25-11-13-27(35)14-12-25)21-31-33(39)38(18-17-24-7-5-4-6-8-24)34(42-31)37-28-15-9-23(2)10-16-28/h4-16,19-21H,3,17-18,22H2,1-2H3/b31-21+,37-34?. The summed E-state index contributed by atoms with van der Waals surface area (Å²) < 4.78 is 13.9. The van der Waals surface area contributed by atoms with Gasteiger partial charge in [0.1, 0.15) is 6.61 Å². The number of nitrogens with zero attached hydrogens (tertiary/aromatic N) is 2. The lowest BCUT2D eigenvalue weighted by molar-refractivity contribution is -0.122. The molecule has 0 spiro atoms. The predicted octanol–water partition coefficient (Wildman–Crippen LogP) is 9.34. The summed E-state index contributed by atoms with van der Waals surface area (Å²) in [7, 11) is 0. The monoisotopic (exact) mass is 704 g/mol. The first-order valence-electron chi connectivity index (χ1n) is 13.6.